The smallest absolute Gasteiger partial charge is 0.245 e. The SMILES string of the molecule is COc1ccc(C2NN(C3C=CCCC=C3)C(=O)C2(C)C)cc1OCCc1ccccc1. The predicted octanol–water partition coefficient (Wildman–Crippen LogP) is 5.01. The molecule has 5 heteroatoms. The number of hydrazine groups is 1. The Labute approximate surface area is 190 Å². The number of carbonyl (C=O) groups is 1. The Hall–Kier alpha value is -3.05. The van der Waals surface area contributed by atoms with Crippen LogP contribution in [0.15, 0.2) is 72.8 Å². The molecule has 1 fully saturated rings. The summed E-state index contributed by atoms with van der Waals surface area (Å²) in [6.45, 7) is 4.54. The molecule has 1 aliphatic carbocycles. The van der Waals surface area contributed by atoms with Crippen molar-refractivity contribution in [3.8, 4) is 11.5 Å². The Morgan fingerprint density at radius 3 is 2.44 bits per heavy atom. The van der Waals surface area contributed by atoms with Gasteiger partial charge in [-0.05, 0) is 49.9 Å². The standard InChI is InChI=1S/C27H32N2O3/c1-27(2)25(28-29(26(27)30)22-13-9-4-5-10-14-22)21-15-16-23(31-3)24(19-21)32-18-17-20-11-7-6-8-12-20/h6-16,19,22,25,28H,4-5,17-18H2,1-3H3. The summed E-state index contributed by atoms with van der Waals surface area (Å²) in [5.74, 6) is 1.47. The van der Waals surface area contributed by atoms with Gasteiger partial charge in [-0.25, -0.2) is 5.43 Å². The average Bonchev–Trinajstić information content (AvgIpc) is 2.98. The lowest BCUT2D eigenvalue weighted by Gasteiger charge is -2.24. The van der Waals surface area contributed by atoms with E-state index in [9.17, 15) is 4.79 Å². The molecule has 2 aromatic carbocycles. The van der Waals surface area contributed by atoms with Crippen molar-refractivity contribution in [1.29, 1.82) is 0 Å². The zero-order valence-corrected chi connectivity index (χ0v) is 19.1. The average molecular weight is 433 g/mol. The summed E-state index contributed by atoms with van der Waals surface area (Å²) < 4.78 is 11.6. The van der Waals surface area contributed by atoms with Crippen molar-refractivity contribution in [3.63, 3.8) is 0 Å². The van der Waals surface area contributed by atoms with Gasteiger partial charge in [0.2, 0.25) is 5.91 Å². The van der Waals surface area contributed by atoms with Gasteiger partial charge >= 0.3 is 0 Å². The minimum atomic E-state index is -0.593. The first-order chi connectivity index (χ1) is 15.5. The van der Waals surface area contributed by atoms with E-state index in [1.165, 1.54) is 5.56 Å². The van der Waals surface area contributed by atoms with Gasteiger partial charge in [-0.1, -0.05) is 60.7 Å². The highest BCUT2D eigenvalue weighted by atomic mass is 16.5. The lowest BCUT2D eigenvalue weighted by Crippen LogP contribution is -2.42. The summed E-state index contributed by atoms with van der Waals surface area (Å²) >= 11 is 0. The Kier molecular flexibility index (Phi) is 6.66. The van der Waals surface area contributed by atoms with Crippen molar-refractivity contribution in [2.24, 2.45) is 5.41 Å². The van der Waals surface area contributed by atoms with Gasteiger partial charge in [0.15, 0.2) is 11.5 Å². The van der Waals surface area contributed by atoms with Crippen molar-refractivity contribution < 1.29 is 14.3 Å². The van der Waals surface area contributed by atoms with Crippen LogP contribution in [-0.4, -0.2) is 30.7 Å². The van der Waals surface area contributed by atoms with E-state index in [0.29, 0.717) is 18.1 Å². The summed E-state index contributed by atoms with van der Waals surface area (Å²) in [7, 11) is 1.65. The number of hydrogen-bond donors (Lipinski definition) is 1. The molecular weight excluding hydrogens is 400 g/mol. The van der Waals surface area contributed by atoms with E-state index in [4.69, 9.17) is 9.47 Å². The van der Waals surface area contributed by atoms with Crippen LogP contribution >= 0.6 is 0 Å². The number of methoxy groups -OCH3 is 1. The molecule has 1 amide bonds. The zero-order valence-electron chi connectivity index (χ0n) is 19.1. The van der Waals surface area contributed by atoms with Crippen LogP contribution in [0.4, 0.5) is 0 Å². The van der Waals surface area contributed by atoms with E-state index in [1.807, 2.05) is 50.2 Å². The molecule has 5 nitrogen and oxygen atoms in total. The van der Waals surface area contributed by atoms with Gasteiger partial charge in [-0.3, -0.25) is 9.80 Å². The first-order valence-electron chi connectivity index (χ1n) is 11.3. The Morgan fingerprint density at radius 2 is 1.75 bits per heavy atom. The molecule has 168 valence electrons. The Balaban J connectivity index is 1.54. The highest BCUT2D eigenvalue weighted by Gasteiger charge is 2.49. The lowest BCUT2D eigenvalue weighted by atomic mass is 9.81. The minimum absolute atomic E-state index is 0.0749. The number of nitrogens with one attached hydrogen (secondary N) is 1. The van der Waals surface area contributed by atoms with Gasteiger partial charge in [-0.15, -0.1) is 0 Å². The van der Waals surface area contributed by atoms with Crippen LogP contribution in [0.5, 0.6) is 11.5 Å². The summed E-state index contributed by atoms with van der Waals surface area (Å²) in [5.41, 5.74) is 5.11. The number of hydrogen-bond acceptors (Lipinski definition) is 4. The van der Waals surface area contributed by atoms with Gasteiger partial charge < -0.3 is 9.47 Å². The summed E-state index contributed by atoms with van der Waals surface area (Å²) in [6, 6.07) is 16.0. The van der Waals surface area contributed by atoms with Crippen LogP contribution in [0.25, 0.3) is 0 Å². The third-order valence-electron chi connectivity index (χ3n) is 6.24. The molecule has 1 N–H and O–H groups in total. The Bertz CT molecular complexity index is 983. The second-order valence-electron chi connectivity index (χ2n) is 8.88. The van der Waals surface area contributed by atoms with E-state index in [0.717, 1.165) is 24.8 Å². The summed E-state index contributed by atoms with van der Waals surface area (Å²) in [6.07, 6.45) is 11.3. The fraction of sp³-hybridized carbons (Fsp3) is 0.370. The Morgan fingerprint density at radius 1 is 1.03 bits per heavy atom. The fourth-order valence-electron chi connectivity index (χ4n) is 4.31. The number of nitrogens with zero attached hydrogens (tertiary/aromatic N) is 1. The first kappa shape index (κ1) is 22.2. The maximum atomic E-state index is 13.3. The lowest BCUT2D eigenvalue weighted by molar-refractivity contribution is -0.136. The molecule has 2 aliphatic rings. The summed E-state index contributed by atoms with van der Waals surface area (Å²) in [5, 5.41) is 1.77. The van der Waals surface area contributed by atoms with Crippen LogP contribution in [-0.2, 0) is 11.2 Å². The highest BCUT2D eigenvalue weighted by molar-refractivity contribution is 5.85. The molecule has 0 aromatic heterocycles. The van der Waals surface area contributed by atoms with Crippen molar-refractivity contribution >= 4 is 5.91 Å². The molecule has 32 heavy (non-hydrogen) atoms. The largest absolute Gasteiger partial charge is 0.493 e. The normalized spacial score (nSPS) is 20.4. The highest BCUT2D eigenvalue weighted by Crippen LogP contribution is 2.43. The quantitative estimate of drug-likeness (QED) is 0.625. The van der Waals surface area contributed by atoms with Gasteiger partial charge in [0.25, 0.3) is 0 Å². The van der Waals surface area contributed by atoms with Crippen LogP contribution in [0.3, 0.4) is 0 Å². The van der Waals surface area contributed by atoms with Gasteiger partial charge in [0, 0.05) is 6.42 Å². The molecule has 1 aliphatic heterocycles. The first-order valence-corrected chi connectivity index (χ1v) is 11.3. The number of carbonyl (C=O) groups excluding carboxylic acids is 1. The van der Waals surface area contributed by atoms with Crippen molar-refractivity contribution in [1.82, 2.24) is 10.4 Å². The third kappa shape index (κ3) is 4.58. The number of ether oxygens (including phenoxy) is 2. The van der Waals surface area contributed by atoms with Gasteiger partial charge in [-0.2, -0.15) is 0 Å². The maximum Gasteiger partial charge on any atom is 0.245 e. The molecule has 1 unspecified atom stereocenters. The van der Waals surface area contributed by atoms with Crippen LogP contribution in [0, 0.1) is 5.41 Å². The number of benzene rings is 2. The van der Waals surface area contributed by atoms with E-state index in [1.54, 1.807) is 12.1 Å². The number of rotatable bonds is 7. The third-order valence-corrected chi connectivity index (χ3v) is 6.24. The van der Waals surface area contributed by atoms with Crippen molar-refractivity contribution in [2.75, 3.05) is 13.7 Å². The number of amides is 1. The van der Waals surface area contributed by atoms with Crippen molar-refractivity contribution in [3.05, 3.63) is 84.0 Å². The molecule has 1 saturated heterocycles. The molecule has 0 bridgehead atoms. The molecular formula is C27H32N2O3. The minimum Gasteiger partial charge on any atom is -0.493 e. The molecule has 4 rings (SSSR count). The second kappa shape index (κ2) is 9.61. The van der Waals surface area contributed by atoms with E-state index in [-0.39, 0.29) is 18.0 Å². The number of allylic oxidation sites excluding steroid dienone is 2. The van der Waals surface area contributed by atoms with Crippen LogP contribution in [0.2, 0.25) is 0 Å². The molecule has 2 aromatic rings. The van der Waals surface area contributed by atoms with E-state index in [2.05, 4.69) is 41.9 Å². The van der Waals surface area contributed by atoms with Crippen molar-refractivity contribution in [2.45, 2.75) is 45.2 Å². The zero-order chi connectivity index (χ0) is 22.6. The maximum absolute atomic E-state index is 13.3. The predicted molar refractivity (Wildman–Crippen MR) is 126 cm³/mol. The fourth-order valence-corrected chi connectivity index (χ4v) is 4.31. The molecule has 1 atom stereocenters. The molecule has 0 radical (unpaired) electrons. The molecule has 1 heterocycles. The van der Waals surface area contributed by atoms with Gasteiger partial charge in [0.05, 0.1) is 31.2 Å². The van der Waals surface area contributed by atoms with Gasteiger partial charge in [0.1, 0.15) is 0 Å². The topological polar surface area (TPSA) is 50.8 Å². The molecule has 0 saturated carbocycles. The molecule has 0 spiro atoms. The second-order valence-corrected chi connectivity index (χ2v) is 8.88. The van der Waals surface area contributed by atoms with Crippen LogP contribution < -0.4 is 14.9 Å². The monoisotopic (exact) mass is 432 g/mol. The van der Waals surface area contributed by atoms with E-state index < -0.39 is 5.41 Å². The summed E-state index contributed by atoms with van der Waals surface area (Å²) in [4.78, 5) is 13.3. The van der Waals surface area contributed by atoms with Crippen LogP contribution in [0.1, 0.15) is 43.9 Å². The van der Waals surface area contributed by atoms with E-state index >= 15 is 0 Å².